The normalized spacial score (nSPS) is 15.6. The van der Waals surface area contributed by atoms with E-state index in [0.717, 1.165) is 33.3 Å². The van der Waals surface area contributed by atoms with E-state index in [1.54, 1.807) is 0 Å². The highest BCUT2D eigenvalue weighted by Crippen LogP contribution is 2.33. The summed E-state index contributed by atoms with van der Waals surface area (Å²) in [4.78, 5) is 24.1. The second kappa shape index (κ2) is 6.83. The number of hydrogen-bond acceptors (Lipinski definition) is 3. The zero-order valence-corrected chi connectivity index (χ0v) is 14.4. The van der Waals surface area contributed by atoms with E-state index >= 15 is 0 Å². The largest absolute Gasteiger partial charge is 0.480 e. The molecule has 1 saturated carbocycles. The lowest BCUT2D eigenvalue weighted by Crippen LogP contribution is -2.43. The molecule has 6 heteroatoms. The van der Waals surface area contributed by atoms with Crippen LogP contribution in [0.4, 0.5) is 0 Å². The lowest BCUT2D eigenvalue weighted by atomic mass is 10.2. The van der Waals surface area contributed by atoms with Crippen molar-refractivity contribution < 1.29 is 14.7 Å². The fourth-order valence-electron chi connectivity index (χ4n) is 2.08. The molecule has 2 rings (SSSR count). The number of carboxylic acids is 1. The number of hydrogen-bond donors (Lipinski definition) is 2. The van der Waals surface area contributed by atoms with E-state index in [1.807, 2.05) is 26.0 Å². The molecule has 2 N–H and O–H groups in total. The predicted octanol–water partition coefficient (Wildman–Crippen LogP) is 3.14. The van der Waals surface area contributed by atoms with E-state index in [0.29, 0.717) is 0 Å². The molecule has 1 amide bonds. The van der Waals surface area contributed by atoms with Crippen molar-refractivity contribution in [2.45, 2.75) is 37.6 Å². The third-order valence-electron chi connectivity index (χ3n) is 3.49. The molecule has 1 atom stereocenters. The molecule has 1 unspecified atom stereocenters. The van der Waals surface area contributed by atoms with Gasteiger partial charge in [-0.1, -0.05) is 15.9 Å². The molecule has 1 fully saturated rings. The number of halogens is 1. The summed E-state index contributed by atoms with van der Waals surface area (Å²) < 4.78 is 1.05. The molecule has 1 aromatic carbocycles. The minimum Gasteiger partial charge on any atom is -0.480 e. The average molecular weight is 372 g/mol. The van der Waals surface area contributed by atoms with Gasteiger partial charge in [-0.25, -0.2) is 4.79 Å². The maximum atomic E-state index is 11.9. The number of aliphatic carboxylic acids is 1. The number of carbonyl (C=O) groups excluding carboxylic acids is 1. The van der Waals surface area contributed by atoms with Crippen molar-refractivity contribution in [3.63, 3.8) is 0 Å². The monoisotopic (exact) mass is 371 g/mol. The zero-order chi connectivity index (χ0) is 15.6. The smallest absolute Gasteiger partial charge is 0.326 e. The van der Waals surface area contributed by atoms with Crippen molar-refractivity contribution in [1.82, 2.24) is 5.32 Å². The summed E-state index contributed by atoms with van der Waals surface area (Å²) in [6, 6.07) is 3.33. The molecule has 0 heterocycles. The van der Waals surface area contributed by atoms with E-state index in [1.165, 1.54) is 11.8 Å². The van der Waals surface area contributed by atoms with Gasteiger partial charge in [-0.3, -0.25) is 4.79 Å². The van der Waals surface area contributed by atoms with Gasteiger partial charge in [0.25, 0.3) is 0 Å². The molecular weight excluding hydrogens is 354 g/mol. The van der Waals surface area contributed by atoms with Crippen LogP contribution < -0.4 is 5.32 Å². The summed E-state index contributed by atoms with van der Waals surface area (Å²) in [6.07, 6.45) is 1.77. The number of aryl methyl sites for hydroxylation is 2. The SMILES string of the molecule is Cc1cc(SCC(=O)NC(C(=O)O)C2CC2)c(C)cc1Br. The molecule has 0 aromatic heterocycles. The second-order valence-corrected chi connectivity index (χ2v) is 7.25. The highest BCUT2D eigenvalue weighted by Gasteiger charge is 2.37. The second-order valence-electron chi connectivity index (χ2n) is 5.38. The van der Waals surface area contributed by atoms with E-state index < -0.39 is 12.0 Å². The number of amides is 1. The van der Waals surface area contributed by atoms with Crippen LogP contribution in [0.1, 0.15) is 24.0 Å². The number of rotatable bonds is 6. The predicted molar refractivity (Wildman–Crippen MR) is 86.6 cm³/mol. The van der Waals surface area contributed by atoms with E-state index in [9.17, 15) is 9.59 Å². The van der Waals surface area contributed by atoms with Crippen molar-refractivity contribution in [3.8, 4) is 0 Å². The van der Waals surface area contributed by atoms with Crippen LogP contribution in [0.3, 0.4) is 0 Å². The Morgan fingerprint density at radius 1 is 1.38 bits per heavy atom. The van der Waals surface area contributed by atoms with Crippen LogP contribution in [0.2, 0.25) is 0 Å². The first kappa shape index (κ1) is 16.4. The van der Waals surface area contributed by atoms with E-state index in [2.05, 4.69) is 21.2 Å². The quantitative estimate of drug-likeness (QED) is 0.753. The van der Waals surface area contributed by atoms with Crippen LogP contribution in [0.25, 0.3) is 0 Å². The highest BCUT2D eigenvalue weighted by molar-refractivity contribution is 9.10. The van der Waals surface area contributed by atoms with Gasteiger partial charge in [0.05, 0.1) is 5.75 Å². The summed E-state index contributed by atoms with van der Waals surface area (Å²) in [5, 5.41) is 11.7. The summed E-state index contributed by atoms with van der Waals surface area (Å²) in [5.74, 6) is -0.822. The van der Waals surface area contributed by atoms with Crippen LogP contribution in [-0.4, -0.2) is 28.8 Å². The molecule has 0 saturated heterocycles. The molecule has 21 heavy (non-hydrogen) atoms. The van der Waals surface area contributed by atoms with Gasteiger partial charge in [0.15, 0.2) is 0 Å². The van der Waals surface area contributed by atoms with Gasteiger partial charge in [-0.05, 0) is 55.9 Å². The Morgan fingerprint density at radius 3 is 2.62 bits per heavy atom. The zero-order valence-electron chi connectivity index (χ0n) is 12.0. The first-order valence-electron chi connectivity index (χ1n) is 6.80. The molecule has 4 nitrogen and oxygen atoms in total. The molecule has 1 aliphatic carbocycles. The van der Waals surface area contributed by atoms with Crippen LogP contribution >= 0.6 is 27.7 Å². The number of thioether (sulfide) groups is 1. The number of nitrogens with one attached hydrogen (secondary N) is 1. The minimum absolute atomic E-state index is 0.105. The Balaban J connectivity index is 1.92. The van der Waals surface area contributed by atoms with Crippen LogP contribution in [0.15, 0.2) is 21.5 Å². The van der Waals surface area contributed by atoms with Crippen molar-refractivity contribution >= 4 is 39.6 Å². The molecule has 0 spiro atoms. The van der Waals surface area contributed by atoms with Gasteiger partial charge in [-0.15, -0.1) is 11.8 Å². The lowest BCUT2D eigenvalue weighted by molar-refractivity contribution is -0.142. The molecule has 0 aliphatic heterocycles. The third kappa shape index (κ3) is 4.48. The minimum atomic E-state index is -0.938. The van der Waals surface area contributed by atoms with Gasteiger partial charge in [0.2, 0.25) is 5.91 Å². The van der Waals surface area contributed by atoms with Gasteiger partial charge in [0, 0.05) is 9.37 Å². The van der Waals surface area contributed by atoms with Crippen LogP contribution in [0.5, 0.6) is 0 Å². The maximum absolute atomic E-state index is 11.9. The van der Waals surface area contributed by atoms with Crippen molar-refractivity contribution in [2.24, 2.45) is 5.92 Å². The third-order valence-corrected chi connectivity index (χ3v) is 5.50. The van der Waals surface area contributed by atoms with E-state index in [-0.39, 0.29) is 17.6 Å². The topological polar surface area (TPSA) is 66.4 Å². The molecule has 114 valence electrons. The molecule has 0 bridgehead atoms. The Morgan fingerprint density at radius 2 is 2.05 bits per heavy atom. The lowest BCUT2D eigenvalue weighted by Gasteiger charge is -2.14. The molecule has 1 aromatic rings. The average Bonchev–Trinajstić information content (AvgIpc) is 3.22. The summed E-state index contributed by atoms with van der Waals surface area (Å²) >= 11 is 4.92. The number of benzene rings is 1. The van der Waals surface area contributed by atoms with Crippen molar-refractivity contribution in [3.05, 3.63) is 27.7 Å². The standard InChI is InChI=1S/C15H18BrNO3S/c1-8-6-12(9(2)5-11(8)16)21-7-13(18)17-14(15(19)20)10-3-4-10/h5-6,10,14H,3-4,7H2,1-2H3,(H,17,18)(H,19,20). The Labute approximate surface area is 136 Å². The van der Waals surface area contributed by atoms with Crippen molar-refractivity contribution in [2.75, 3.05) is 5.75 Å². The Kier molecular flexibility index (Phi) is 5.32. The molecule has 1 aliphatic rings. The maximum Gasteiger partial charge on any atom is 0.326 e. The molecular formula is C15H18BrNO3S. The number of carboxylic acid groups (broad SMARTS) is 1. The summed E-state index contributed by atoms with van der Waals surface area (Å²) in [6.45, 7) is 4.00. The summed E-state index contributed by atoms with van der Waals surface area (Å²) in [7, 11) is 0. The van der Waals surface area contributed by atoms with Gasteiger partial charge in [-0.2, -0.15) is 0 Å². The van der Waals surface area contributed by atoms with Crippen LogP contribution in [0, 0.1) is 19.8 Å². The van der Waals surface area contributed by atoms with Crippen molar-refractivity contribution in [1.29, 1.82) is 0 Å². The van der Waals surface area contributed by atoms with Crippen LogP contribution in [-0.2, 0) is 9.59 Å². The van der Waals surface area contributed by atoms with Gasteiger partial charge in [0.1, 0.15) is 6.04 Å². The van der Waals surface area contributed by atoms with Gasteiger partial charge < -0.3 is 10.4 Å². The summed E-state index contributed by atoms with van der Waals surface area (Å²) in [5.41, 5.74) is 2.21. The fraction of sp³-hybridized carbons (Fsp3) is 0.467. The van der Waals surface area contributed by atoms with Gasteiger partial charge >= 0.3 is 5.97 Å². The Hall–Kier alpha value is -1.01. The number of carbonyl (C=O) groups is 2. The Bertz CT molecular complexity index is 572. The fourth-order valence-corrected chi connectivity index (χ4v) is 3.45. The highest BCUT2D eigenvalue weighted by atomic mass is 79.9. The van der Waals surface area contributed by atoms with E-state index in [4.69, 9.17) is 5.11 Å². The first-order valence-corrected chi connectivity index (χ1v) is 8.58. The first-order chi connectivity index (χ1) is 9.88. The molecule has 0 radical (unpaired) electrons.